The molecule has 468 valence electrons. The highest BCUT2D eigenvalue weighted by Crippen LogP contribution is 2.34. The smallest absolute Gasteiger partial charge is 0.347 e. The molecule has 1 aromatic carbocycles. The van der Waals surface area contributed by atoms with E-state index in [-0.39, 0.29) is 37.8 Å². The molecule has 12 amide bonds. The van der Waals surface area contributed by atoms with Gasteiger partial charge < -0.3 is 60.0 Å². The van der Waals surface area contributed by atoms with Gasteiger partial charge in [-0.3, -0.25) is 57.5 Å². The molecule has 1 saturated carbocycles. The average molecular weight is 1190 g/mol. The van der Waals surface area contributed by atoms with Crippen LogP contribution in [0.3, 0.4) is 0 Å². The first-order chi connectivity index (χ1) is 39.1. The molecule has 2 saturated heterocycles. The number of carbonyl (C=O) groups excluding carboxylic acids is 12. The molecule has 1 aliphatic carbocycles. The summed E-state index contributed by atoms with van der Waals surface area (Å²) < 4.78 is 40.7. The number of benzene rings is 1. The summed E-state index contributed by atoms with van der Waals surface area (Å²) in [4.78, 5) is 180. The Morgan fingerprint density at radius 2 is 1.25 bits per heavy atom. The summed E-state index contributed by atoms with van der Waals surface area (Å²) in [6.45, 7) is 8.07. The maximum absolute atomic E-state index is 14.9. The molecule has 1 aromatic rings. The van der Waals surface area contributed by atoms with Crippen molar-refractivity contribution in [1.82, 2.24) is 60.0 Å². The lowest BCUT2D eigenvalue weighted by Gasteiger charge is -2.45. The minimum absolute atomic E-state index is 0.0654. The van der Waals surface area contributed by atoms with Crippen molar-refractivity contribution in [1.29, 1.82) is 0 Å². The van der Waals surface area contributed by atoms with Crippen LogP contribution in [0, 0.1) is 11.8 Å². The van der Waals surface area contributed by atoms with Crippen molar-refractivity contribution in [2.75, 3.05) is 89.6 Å². The molecule has 27 heteroatoms. The van der Waals surface area contributed by atoms with Crippen molar-refractivity contribution >= 4 is 70.9 Å². The number of hydrogen-bond donors (Lipinski definition) is 3. The highest BCUT2D eigenvalue weighted by atomic mass is 19.4. The second-order valence-electron chi connectivity index (χ2n) is 23.1. The zero-order valence-corrected chi connectivity index (χ0v) is 51.3. The number of rotatable bonds is 7. The normalized spacial score (nSPS) is 26.2. The predicted octanol–water partition coefficient (Wildman–Crippen LogP) is 0.554. The van der Waals surface area contributed by atoms with E-state index < -0.39 is 168 Å². The molecule has 3 fully saturated rings. The first-order valence-corrected chi connectivity index (χ1v) is 28.4. The van der Waals surface area contributed by atoms with E-state index in [4.69, 9.17) is 0 Å². The molecule has 0 bridgehead atoms. The zero-order valence-electron chi connectivity index (χ0n) is 51.3. The molecule has 2 aliphatic heterocycles. The van der Waals surface area contributed by atoms with Gasteiger partial charge in [0.2, 0.25) is 70.9 Å². The Morgan fingerprint density at radius 1 is 0.679 bits per heavy atom. The Hall–Kier alpha value is -7.35. The third-order valence-electron chi connectivity index (χ3n) is 17.1. The first kappa shape index (κ1) is 69.1. The fourth-order valence-corrected chi connectivity index (χ4v) is 10.6. The van der Waals surface area contributed by atoms with Gasteiger partial charge in [0.15, 0.2) is 0 Å². The van der Waals surface area contributed by atoms with Gasteiger partial charge in [0, 0.05) is 76.4 Å². The third kappa shape index (κ3) is 16.1. The lowest BCUT2D eigenvalue weighted by atomic mass is 9.90. The maximum Gasteiger partial charge on any atom is 0.416 e. The number of amides is 12. The Morgan fingerprint density at radius 3 is 1.77 bits per heavy atom. The molecule has 3 aliphatic rings. The van der Waals surface area contributed by atoms with E-state index in [2.05, 4.69) is 16.0 Å². The highest BCUT2D eigenvalue weighted by molar-refractivity contribution is 6.00. The fourth-order valence-electron chi connectivity index (χ4n) is 10.6. The Balaban J connectivity index is 1.77. The number of halogens is 3. The van der Waals surface area contributed by atoms with E-state index in [1.54, 1.807) is 20.8 Å². The second-order valence-corrected chi connectivity index (χ2v) is 23.1. The third-order valence-corrected chi connectivity index (χ3v) is 17.1. The number of carbonyl (C=O) groups is 12. The summed E-state index contributed by atoms with van der Waals surface area (Å²) in [6, 6.07) is -5.04. The highest BCUT2D eigenvalue weighted by Gasteiger charge is 2.49. The topological polar surface area (TPSA) is 270 Å². The summed E-state index contributed by atoms with van der Waals surface area (Å²) in [6.07, 6.45) is -3.30. The monoisotopic (exact) mass is 1190 g/mol. The van der Waals surface area contributed by atoms with Crippen molar-refractivity contribution in [3.63, 3.8) is 0 Å². The van der Waals surface area contributed by atoms with E-state index in [9.17, 15) is 70.7 Å². The van der Waals surface area contributed by atoms with Gasteiger partial charge in [0.05, 0.1) is 31.6 Å². The lowest BCUT2D eigenvalue weighted by Crippen LogP contribution is -2.65. The minimum Gasteiger partial charge on any atom is -0.347 e. The summed E-state index contributed by atoms with van der Waals surface area (Å²) in [5.74, 6) is -9.68. The molecule has 2 heterocycles. The molecule has 0 radical (unpaired) electrons. The van der Waals surface area contributed by atoms with E-state index in [1.165, 1.54) is 92.0 Å². The molecular weight excluding hydrogens is 1100 g/mol. The van der Waals surface area contributed by atoms with Gasteiger partial charge in [-0.1, -0.05) is 65.5 Å². The summed E-state index contributed by atoms with van der Waals surface area (Å²) in [7, 11) is 12.2. The first-order valence-electron chi connectivity index (χ1n) is 28.4. The van der Waals surface area contributed by atoms with Crippen LogP contribution in [0.25, 0.3) is 0 Å². The molecular formula is C57H87F3N12O12. The molecule has 0 aromatic heterocycles. The van der Waals surface area contributed by atoms with Gasteiger partial charge in [0.25, 0.3) is 0 Å². The minimum atomic E-state index is -4.67. The predicted molar refractivity (Wildman–Crippen MR) is 301 cm³/mol. The number of nitrogens with zero attached hydrogens (tertiary/aromatic N) is 9. The Labute approximate surface area is 490 Å². The quantitative estimate of drug-likeness (QED) is 0.338. The number of likely N-dealkylation sites (N-methyl/N-ethyl adjacent to an activating group) is 8. The average Bonchev–Trinajstić information content (AvgIpc) is 1.89. The molecule has 84 heavy (non-hydrogen) atoms. The number of fused-ring (bicyclic) bond motifs is 1. The van der Waals surface area contributed by atoms with Gasteiger partial charge >= 0.3 is 6.18 Å². The van der Waals surface area contributed by atoms with Crippen LogP contribution in [0.1, 0.15) is 104 Å². The lowest BCUT2D eigenvalue weighted by molar-refractivity contribution is -0.160. The molecule has 24 nitrogen and oxygen atoms in total. The second kappa shape index (κ2) is 29.0. The van der Waals surface area contributed by atoms with E-state index in [0.29, 0.717) is 25.7 Å². The van der Waals surface area contributed by atoms with Gasteiger partial charge in [-0.25, -0.2) is 0 Å². The summed E-state index contributed by atoms with van der Waals surface area (Å²) in [5.41, 5.74) is -2.25. The van der Waals surface area contributed by atoms with Crippen molar-refractivity contribution in [2.24, 2.45) is 11.8 Å². The van der Waals surface area contributed by atoms with Gasteiger partial charge in [-0.15, -0.1) is 0 Å². The SMILES string of the molecule is CC[C@H](C)C1NC(=O)C(C)N(C)C(=O)CC(C(=O)N(C)C)N(C)C(=O)C([C@@H](C)CC)N(C)C(=O)C2(CCCC2)NC(=O)CN(C)C(=O)CNC(=O)CN(C)C(=O)C(Cc2ccc(C(F)(F)F)cc2)N(C)C(=O)C2CCN2C(=O)C(C)N(C)C1=O. The fraction of sp³-hybridized carbons (Fsp3) is 0.684. The van der Waals surface area contributed by atoms with Crippen LogP contribution in [-0.2, 0) is 70.1 Å². The van der Waals surface area contributed by atoms with Crippen molar-refractivity contribution in [3.05, 3.63) is 35.4 Å². The zero-order chi connectivity index (χ0) is 63.6. The Kier molecular flexibility index (Phi) is 23.8. The van der Waals surface area contributed by atoms with Crippen molar-refractivity contribution in [3.8, 4) is 0 Å². The summed E-state index contributed by atoms with van der Waals surface area (Å²) in [5, 5.41) is 7.99. The van der Waals surface area contributed by atoms with E-state index in [0.717, 1.165) is 53.7 Å². The van der Waals surface area contributed by atoms with Gasteiger partial charge in [-0.2, -0.15) is 13.2 Å². The van der Waals surface area contributed by atoms with E-state index >= 15 is 0 Å². The van der Waals surface area contributed by atoms with Crippen LogP contribution in [0.4, 0.5) is 13.2 Å². The molecule has 7 unspecified atom stereocenters. The molecule has 4 rings (SSSR count). The standard InChI is InChI=1S/C57H87F3N12O12/c1-16-33(3)46-53(82)68(12)36(6)49(78)72-27-24-39(72)52(81)69(13)40(28-37-20-22-38(23-21-37)57(58,59)60)51(80)66(10)31-42(73)61-30-45(76)65(9)32-43(74)63-56(25-18-19-26-56)55(84)71(15)47(34(4)17-2)54(83)70(14)41(50(79)64(7)8)29-44(75)67(11)35(5)48(77)62-46/h20-23,33-36,39-41,46-47H,16-19,24-32H2,1-15H3,(H,61,73)(H,62,77)(H,63,74)/t33-,34-,35?,36?,39?,40?,41?,46?,47?/m0/s1. The molecule has 3 N–H and O–H groups in total. The number of alkyl halides is 3. The van der Waals surface area contributed by atoms with Crippen LogP contribution in [0.5, 0.6) is 0 Å². The van der Waals surface area contributed by atoms with Crippen LogP contribution in [0.2, 0.25) is 0 Å². The van der Waals surface area contributed by atoms with Crippen LogP contribution in [0.15, 0.2) is 24.3 Å². The maximum atomic E-state index is 14.9. The molecule has 1 spiro atoms. The Bertz CT molecular complexity index is 2630. The van der Waals surface area contributed by atoms with Gasteiger partial charge in [0.1, 0.15) is 47.8 Å². The molecule has 9 atom stereocenters. The van der Waals surface area contributed by atoms with Gasteiger partial charge in [-0.05, 0) is 62.6 Å². The van der Waals surface area contributed by atoms with Crippen molar-refractivity contribution in [2.45, 2.75) is 153 Å². The van der Waals surface area contributed by atoms with Crippen molar-refractivity contribution < 1.29 is 70.7 Å². The summed E-state index contributed by atoms with van der Waals surface area (Å²) >= 11 is 0. The van der Waals surface area contributed by atoms with Crippen LogP contribution < -0.4 is 16.0 Å². The van der Waals surface area contributed by atoms with E-state index in [1.807, 2.05) is 6.92 Å². The van der Waals surface area contributed by atoms with Crippen LogP contribution in [-0.4, -0.2) is 252 Å². The number of hydrogen-bond acceptors (Lipinski definition) is 12. The largest absolute Gasteiger partial charge is 0.416 e. The van der Waals surface area contributed by atoms with Crippen LogP contribution >= 0.6 is 0 Å². The number of nitrogens with one attached hydrogen (secondary N) is 3.